The maximum absolute atomic E-state index is 14.4. The number of carbonyl (C=O) groups excluding carboxylic acids is 1. The Balaban J connectivity index is 1.75. The number of cyclic esters (lactones) is 1. The highest BCUT2D eigenvalue weighted by Crippen LogP contribution is 2.28. The van der Waals surface area contributed by atoms with Crippen molar-refractivity contribution in [3.8, 4) is 0 Å². The molecule has 0 saturated carbocycles. The lowest BCUT2D eigenvalue weighted by molar-refractivity contribution is 0.122. The first-order valence-electron chi connectivity index (χ1n) is 7.44. The molecule has 2 aliphatic rings. The van der Waals surface area contributed by atoms with Crippen LogP contribution in [0.4, 0.5) is 20.6 Å². The number of amides is 1. The number of hydrogen-bond donors (Lipinski definition) is 1. The third-order valence-electron chi connectivity index (χ3n) is 3.90. The summed E-state index contributed by atoms with van der Waals surface area (Å²) in [4.78, 5) is 15.3. The lowest BCUT2D eigenvalue weighted by Crippen LogP contribution is -2.36. The number of anilines is 2. The van der Waals surface area contributed by atoms with E-state index in [1.807, 2.05) is 4.90 Å². The van der Waals surface area contributed by atoms with Crippen LogP contribution in [-0.2, 0) is 9.47 Å². The molecule has 2 fully saturated rings. The second kappa shape index (κ2) is 6.50. The van der Waals surface area contributed by atoms with E-state index >= 15 is 0 Å². The number of hydrogen-bond acceptors (Lipinski definition) is 5. The Morgan fingerprint density at radius 1 is 1.36 bits per heavy atom. The lowest BCUT2D eigenvalue weighted by Gasteiger charge is -2.29. The van der Waals surface area contributed by atoms with Crippen molar-refractivity contribution in [1.29, 1.82) is 0 Å². The molecule has 0 unspecified atom stereocenters. The van der Waals surface area contributed by atoms with Crippen molar-refractivity contribution in [2.45, 2.75) is 6.10 Å². The van der Waals surface area contributed by atoms with Crippen LogP contribution in [-0.4, -0.2) is 58.6 Å². The molecule has 1 N–H and O–H groups in total. The summed E-state index contributed by atoms with van der Waals surface area (Å²) >= 11 is 0. The fourth-order valence-electron chi connectivity index (χ4n) is 2.79. The highest BCUT2D eigenvalue weighted by molar-refractivity contribution is 5.90. The molecule has 120 valence electrons. The monoisotopic (exact) mass is 309 g/mol. The molecule has 3 rings (SSSR count). The van der Waals surface area contributed by atoms with Crippen molar-refractivity contribution in [3.05, 3.63) is 24.0 Å². The maximum atomic E-state index is 14.4. The molecule has 7 heteroatoms. The van der Waals surface area contributed by atoms with Crippen molar-refractivity contribution in [2.24, 2.45) is 0 Å². The molecule has 0 radical (unpaired) electrons. The molecule has 1 amide bonds. The van der Waals surface area contributed by atoms with E-state index in [4.69, 9.17) is 9.47 Å². The Labute approximate surface area is 128 Å². The minimum Gasteiger partial charge on any atom is -0.443 e. The van der Waals surface area contributed by atoms with E-state index < -0.39 is 6.09 Å². The largest absolute Gasteiger partial charge is 0.443 e. The number of morpholine rings is 1. The van der Waals surface area contributed by atoms with Crippen LogP contribution >= 0.6 is 0 Å². The van der Waals surface area contributed by atoms with Gasteiger partial charge in [-0.2, -0.15) is 0 Å². The molecule has 0 spiro atoms. The zero-order valence-electron chi connectivity index (χ0n) is 12.5. The number of benzene rings is 1. The maximum Gasteiger partial charge on any atom is 0.414 e. The first-order chi connectivity index (χ1) is 10.7. The molecule has 1 aromatic carbocycles. The molecule has 0 aliphatic carbocycles. The van der Waals surface area contributed by atoms with Crippen molar-refractivity contribution >= 4 is 17.5 Å². The number of ether oxygens (including phenoxy) is 2. The van der Waals surface area contributed by atoms with E-state index in [-0.39, 0.29) is 11.9 Å². The fraction of sp³-hybridized carbons (Fsp3) is 0.533. The summed E-state index contributed by atoms with van der Waals surface area (Å²) < 4.78 is 24.9. The summed E-state index contributed by atoms with van der Waals surface area (Å²) in [6, 6.07) is 4.87. The zero-order valence-corrected chi connectivity index (χ0v) is 12.5. The van der Waals surface area contributed by atoms with Gasteiger partial charge in [0.2, 0.25) is 0 Å². The van der Waals surface area contributed by atoms with E-state index in [1.165, 1.54) is 11.0 Å². The second-order valence-corrected chi connectivity index (χ2v) is 5.41. The summed E-state index contributed by atoms with van der Waals surface area (Å²) in [5.41, 5.74) is 1.07. The number of nitrogens with one attached hydrogen (secondary N) is 1. The predicted molar refractivity (Wildman–Crippen MR) is 81.0 cm³/mol. The van der Waals surface area contributed by atoms with Crippen LogP contribution in [0.25, 0.3) is 0 Å². The highest BCUT2D eigenvalue weighted by atomic mass is 19.1. The second-order valence-electron chi connectivity index (χ2n) is 5.41. The van der Waals surface area contributed by atoms with Crippen LogP contribution in [0, 0.1) is 5.82 Å². The van der Waals surface area contributed by atoms with Crippen molar-refractivity contribution < 1.29 is 18.7 Å². The van der Waals surface area contributed by atoms with Gasteiger partial charge in [-0.15, -0.1) is 0 Å². The molecular formula is C15H20FN3O3. The van der Waals surface area contributed by atoms with Crippen molar-refractivity contribution in [3.63, 3.8) is 0 Å². The third-order valence-corrected chi connectivity index (χ3v) is 3.90. The van der Waals surface area contributed by atoms with Crippen molar-refractivity contribution in [1.82, 2.24) is 5.32 Å². The van der Waals surface area contributed by atoms with Gasteiger partial charge in [0.25, 0.3) is 0 Å². The van der Waals surface area contributed by atoms with Gasteiger partial charge in [-0.05, 0) is 25.2 Å². The first-order valence-corrected chi connectivity index (χ1v) is 7.44. The van der Waals surface area contributed by atoms with Gasteiger partial charge >= 0.3 is 6.09 Å². The van der Waals surface area contributed by atoms with Gasteiger partial charge in [0.1, 0.15) is 11.9 Å². The SMILES string of the molecule is CNC[C@H]1CN(c2ccc(N3CCOCC3)c(F)c2)C(=O)O1. The molecule has 2 heterocycles. The number of carbonyl (C=O) groups is 1. The minimum atomic E-state index is -0.432. The highest BCUT2D eigenvalue weighted by Gasteiger charge is 2.32. The molecular weight excluding hydrogens is 289 g/mol. The Morgan fingerprint density at radius 3 is 2.82 bits per heavy atom. The van der Waals surface area contributed by atoms with Gasteiger partial charge in [0.05, 0.1) is 31.1 Å². The van der Waals surface area contributed by atoms with Crippen LogP contribution in [0.5, 0.6) is 0 Å². The summed E-state index contributed by atoms with van der Waals surface area (Å²) in [6.45, 7) is 3.56. The Hall–Kier alpha value is -1.86. The Morgan fingerprint density at radius 2 is 2.14 bits per heavy atom. The zero-order chi connectivity index (χ0) is 15.5. The molecule has 2 saturated heterocycles. The molecule has 22 heavy (non-hydrogen) atoms. The Kier molecular flexibility index (Phi) is 4.44. The van der Waals surface area contributed by atoms with Crippen LogP contribution in [0.15, 0.2) is 18.2 Å². The van der Waals surface area contributed by atoms with Crippen LogP contribution in [0.2, 0.25) is 0 Å². The van der Waals surface area contributed by atoms with Gasteiger partial charge < -0.3 is 19.7 Å². The third kappa shape index (κ3) is 3.00. The molecule has 0 aromatic heterocycles. The van der Waals surface area contributed by atoms with E-state index in [0.717, 1.165) is 0 Å². The van der Waals surface area contributed by atoms with Crippen LogP contribution < -0.4 is 15.1 Å². The van der Waals surface area contributed by atoms with E-state index in [2.05, 4.69) is 5.32 Å². The van der Waals surface area contributed by atoms with Gasteiger partial charge in [-0.1, -0.05) is 0 Å². The topological polar surface area (TPSA) is 54.0 Å². The number of rotatable bonds is 4. The van der Waals surface area contributed by atoms with Gasteiger partial charge in [0.15, 0.2) is 0 Å². The first kappa shape index (κ1) is 15.1. The predicted octanol–water partition coefficient (Wildman–Crippen LogP) is 1.21. The van der Waals surface area contributed by atoms with Crippen LogP contribution in [0.1, 0.15) is 0 Å². The van der Waals surface area contributed by atoms with E-state index in [9.17, 15) is 9.18 Å². The smallest absolute Gasteiger partial charge is 0.414 e. The summed E-state index contributed by atoms with van der Waals surface area (Å²) in [5.74, 6) is -0.329. The quantitative estimate of drug-likeness (QED) is 0.906. The fourth-order valence-corrected chi connectivity index (χ4v) is 2.79. The van der Waals surface area contributed by atoms with E-state index in [0.29, 0.717) is 50.8 Å². The normalized spacial score (nSPS) is 22.1. The minimum absolute atomic E-state index is 0.209. The Bertz CT molecular complexity index is 549. The molecule has 0 bridgehead atoms. The van der Waals surface area contributed by atoms with E-state index in [1.54, 1.807) is 19.2 Å². The average molecular weight is 309 g/mol. The average Bonchev–Trinajstić information content (AvgIpc) is 2.89. The van der Waals surface area contributed by atoms with Crippen LogP contribution in [0.3, 0.4) is 0 Å². The summed E-state index contributed by atoms with van der Waals surface area (Å²) in [6.07, 6.45) is -0.641. The number of nitrogens with zero attached hydrogens (tertiary/aromatic N) is 2. The standard InChI is InChI=1S/C15H20FN3O3/c1-17-9-12-10-19(15(20)22-12)11-2-3-14(13(16)8-11)18-4-6-21-7-5-18/h2-3,8,12,17H,4-7,9-10H2,1H3/t12-/m0/s1. The lowest BCUT2D eigenvalue weighted by atomic mass is 10.2. The number of likely N-dealkylation sites (N-methyl/N-ethyl adjacent to an activating group) is 1. The molecule has 6 nitrogen and oxygen atoms in total. The van der Waals surface area contributed by atoms with Crippen molar-refractivity contribution in [2.75, 3.05) is 56.2 Å². The van der Waals surface area contributed by atoms with Gasteiger partial charge in [0, 0.05) is 19.6 Å². The number of halogens is 1. The molecule has 2 aliphatic heterocycles. The summed E-state index contributed by atoms with van der Waals surface area (Å²) in [7, 11) is 1.80. The molecule has 1 atom stereocenters. The molecule has 1 aromatic rings. The van der Waals surface area contributed by atoms with Gasteiger partial charge in [-0.3, -0.25) is 4.90 Å². The van der Waals surface area contributed by atoms with Gasteiger partial charge in [-0.25, -0.2) is 9.18 Å². The summed E-state index contributed by atoms with van der Waals surface area (Å²) in [5, 5.41) is 2.97.